The van der Waals surface area contributed by atoms with E-state index in [1.54, 1.807) is 6.20 Å². The van der Waals surface area contributed by atoms with E-state index in [1.165, 1.54) is 6.20 Å². The lowest BCUT2D eigenvalue weighted by molar-refractivity contribution is -0.169. The predicted octanol–water partition coefficient (Wildman–Crippen LogP) is 2.07. The maximum atomic E-state index is 12.2. The standard InChI is InChI=1S/C18H20N4O3/c23-17(21-14-4-2-1-3-5-14)15-12-20-16(13-19-15)22-8-6-18(7-9-22)24-10-11-25-18/h1-5,12-13H,6-11H2,(H,21,23). The van der Waals surface area contributed by atoms with Crippen LogP contribution >= 0.6 is 0 Å². The van der Waals surface area contributed by atoms with Gasteiger partial charge in [-0.05, 0) is 12.1 Å². The van der Waals surface area contributed by atoms with Gasteiger partial charge in [-0.3, -0.25) is 4.79 Å². The van der Waals surface area contributed by atoms with Crippen molar-refractivity contribution in [1.82, 2.24) is 9.97 Å². The second-order valence-electron chi connectivity index (χ2n) is 6.17. The molecule has 0 unspecified atom stereocenters. The molecule has 1 N–H and O–H groups in total. The van der Waals surface area contributed by atoms with Crippen LogP contribution < -0.4 is 10.2 Å². The van der Waals surface area contributed by atoms with Crippen molar-refractivity contribution in [1.29, 1.82) is 0 Å². The van der Waals surface area contributed by atoms with E-state index in [9.17, 15) is 4.79 Å². The molecule has 2 fully saturated rings. The number of anilines is 2. The number of hydrogen-bond acceptors (Lipinski definition) is 6. The number of carbonyl (C=O) groups is 1. The third-order valence-electron chi connectivity index (χ3n) is 4.57. The summed E-state index contributed by atoms with van der Waals surface area (Å²) in [6.07, 6.45) is 4.78. The normalized spacial score (nSPS) is 19.1. The van der Waals surface area contributed by atoms with Crippen LogP contribution in [0.25, 0.3) is 0 Å². The SMILES string of the molecule is O=C(Nc1ccccc1)c1cnc(N2CCC3(CC2)OCCO3)cn1. The zero-order chi connectivity index (χ0) is 17.1. The van der Waals surface area contributed by atoms with Crippen molar-refractivity contribution >= 4 is 17.4 Å². The maximum Gasteiger partial charge on any atom is 0.275 e. The van der Waals surface area contributed by atoms with E-state index in [0.717, 1.165) is 37.4 Å². The van der Waals surface area contributed by atoms with Crippen molar-refractivity contribution in [3.63, 3.8) is 0 Å². The van der Waals surface area contributed by atoms with Gasteiger partial charge in [0.05, 0.1) is 25.6 Å². The Balaban J connectivity index is 1.38. The first kappa shape index (κ1) is 16.0. The van der Waals surface area contributed by atoms with Crippen LogP contribution in [0.15, 0.2) is 42.7 Å². The van der Waals surface area contributed by atoms with Crippen molar-refractivity contribution in [3.05, 3.63) is 48.4 Å². The Bertz CT molecular complexity index is 720. The van der Waals surface area contributed by atoms with Crippen molar-refractivity contribution in [2.75, 3.05) is 36.5 Å². The zero-order valence-electron chi connectivity index (χ0n) is 13.9. The van der Waals surface area contributed by atoms with E-state index in [-0.39, 0.29) is 5.91 Å². The molecule has 25 heavy (non-hydrogen) atoms. The van der Waals surface area contributed by atoms with Gasteiger partial charge < -0.3 is 19.7 Å². The Morgan fingerprint density at radius 2 is 1.76 bits per heavy atom. The van der Waals surface area contributed by atoms with Crippen LogP contribution in [0, 0.1) is 0 Å². The van der Waals surface area contributed by atoms with Crippen LogP contribution in [0.1, 0.15) is 23.3 Å². The summed E-state index contributed by atoms with van der Waals surface area (Å²) in [5.41, 5.74) is 1.03. The maximum absolute atomic E-state index is 12.2. The third-order valence-corrected chi connectivity index (χ3v) is 4.57. The summed E-state index contributed by atoms with van der Waals surface area (Å²) in [6.45, 7) is 2.94. The Kier molecular flexibility index (Phi) is 4.33. The average Bonchev–Trinajstić information content (AvgIpc) is 3.11. The molecule has 1 amide bonds. The van der Waals surface area contributed by atoms with Crippen molar-refractivity contribution in [2.24, 2.45) is 0 Å². The van der Waals surface area contributed by atoms with Crippen molar-refractivity contribution < 1.29 is 14.3 Å². The number of aromatic nitrogens is 2. The largest absolute Gasteiger partial charge is 0.355 e. The van der Waals surface area contributed by atoms with E-state index in [1.807, 2.05) is 30.3 Å². The minimum Gasteiger partial charge on any atom is -0.355 e. The highest BCUT2D eigenvalue weighted by atomic mass is 16.7. The van der Waals surface area contributed by atoms with Crippen LogP contribution in [-0.4, -0.2) is 48.0 Å². The van der Waals surface area contributed by atoms with E-state index >= 15 is 0 Å². The fourth-order valence-electron chi connectivity index (χ4n) is 3.18. The summed E-state index contributed by atoms with van der Waals surface area (Å²) in [5, 5.41) is 2.80. The molecular weight excluding hydrogens is 320 g/mol. The van der Waals surface area contributed by atoms with Gasteiger partial charge in [-0.25, -0.2) is 9.97 Å². The molecule has 1 aromatic heterocycles. The molecule has 0 bridgehead atoms. The number of hydrogen-bond donors (Lipinski definition) is 1. The molecule has 0 atom stereocenters. The molecule has 2 aromatic rings. The van der Waals surface area contributed by atoms with Crippen molar-refractivity contribution in [3.8, 4) is 0 Å². The monoisotopic (exact) mass is 340 g/mol. The number of nitrogens with one attached hydrogen (secondary N) is 1. The lowest BCUT2D eigenvalue weighted by Gasteiger charge is -2.37. The van der Waals surface area contributed by atoms with E-state index in [0.29, 0.717) is 18.9 Å². The molecule has 7 heteroatoms. The van der Waals surface area contributed by atoms with E-state index in [4.69, 9.17) is 9.47 Å². The first-order valence-electron chi connectivity index (χ1n) is 8.45. The van der Waals surface area contributed by atoms with Gasteiger partial charge in [0.2, 0.25) is 0 Å². The first-order valence-corrected chi connectivity index (χ1v) is 8.45. The van der Waals surface area contributed by atoms with Crippen LogP contribution in [0.5, 0.6) is 0 Å². The fraction of sp³-hybridized carbons (Fsp3) is 0.389. The van der Waals surface area contributed by atoms with Crippen LogP contribution in [0.3, 0.4) is 0 Å². The van der Waals surface area contributed by atoms with Crippen LogP contribution in [0.4, 0.5) is 11.5 Å². The van der Waals surface area contributed by atoms with Gasteiger partial charge >= 0.3 is 0 Å². The number of ether oxygens (including phenoxy) is 2. The van der Waals surface area contributed by atoms with Crippen LogP contribution in [-0.2, 0) is 9.47 Å². The van der Waals surface area contributed by atoms with Gasteiger partial charge in [-0.1, -0.05) is 18.2 Å². The summed E-state index contributed by atoms with van der Waals surface area (Å²) in [5.74, 6) is 0.0964. The molecule has 2 aliphatic heterocycles. The lowest BCUT2D eigenvalue weighted by Crippen LogP contribution is -2.45. The summed E-state index contributed by atoms with van der Waals surface area (Å²) in [7, 11) is 0. The lowest BCUT2D eigenvalue weighted by atomic mass is 10.0. The number of carbonyl (C=O) groups excluding carboxylic acids is 1. The predicted molar refractivity (Wildman–Crippen MR) is 92.5 cm³/mol. The molecule has 0 radical (unpaired) electrons. The molecule has 0 saturated carbocycles. The number of piperidine rings is 1. The van der Waals surface area contributed by atoms with Gasteiger partial charge in [-0.15, -0.1) is 0 Å². The van der Waals surface area contributed by atoms with E-state index < -0.39 is 5.79 Å². The van der Waals surface area contributed by atoms with Gasteiger partial charge in [0.25, 0.3) is 5.91 Å². The second kappa shape index (κ2) is 6.78. The molecule has 4 rings (SSSR count). The molecule has 130 valence electrons. The minimum atomic E-state index is -0.403. The summed E-state index contributed by atoms with van der Waals surface area (Å²) in [4.78, 5) is 23.0. The number of benzene rings is 1. The smallest absolute Gasteiger partial charge is 0.275 e. The fourth-order valence-corrected chi connectivity index (χ4v) is 3.18. The van der Waals surface area contributed by atoms with Crippen molar-refractivity contribution in [2.45, 2.75) is 18.6 Å². The highest BCUT2D eigenvalue weighted by Gasteiger charge is 2.40. The van der Waals surface area contributed by atoms with Gasteiger partial charge in [0.1, 0.15) is 11.5 Å². The molecule has 1 aromatic carbocycles. The molecule has 1 spiro atoms. The molecule has 2 saturated heterocycles. The summed E-state index contributed by atoms with van der Waals surface area (Å²) in [6, 6.07) is 9.29. The average molecular weight is 340 g/mol. The number of amides is 1. The van der Waals surface area contributed by atoms with Gasteiger partial charge in [0, 0.05) is 31.6 Å². The Morgan fingerprint density at radius 3 is 2.40 bits per heavy atom. The highest BCUT2D eigenvalue weighted by molar-refractivity contribution is 6.02. The highest BCUT2D eigenvalue weighted by Crippen LogP contribution is 2.32. The minimum absolute atomic E-state index is 0.268. The molecular formula is C18H20N4O3. The molecule has 0 aliphatic carbocycles. The zero-order valence-corrected chi connectivity index (χ0v) is 13.9. The molecule has 2 aliphatic rings. The first-order chi connectivity index (χ1) is 12.2. The Labute approximate surface area is 146 Å². The van der Waals surface area contributed by atoms with E-state index in [2.05, 4.69) is 20.2 Å². The number of rotatable bonds is 3. The quantitative estimate of drug-likeness (QED) is 0.922. The third kappa shape index (κ3) is 3.47. The summed E-state index contributed by atoms with van der Waals surface area (Å²) >= 11 is 0. The second-order valence-corrected chi connectivity index (χ2v) is 6.17. The Hall–Kier alpha value is -2.51. The van der Waals surface area contributed by atoms with Gasteiger partial charge in [0.15, 0.2) is 5.79 Å². The summed E-state index contributed by atoms with van der Waals surface area (Å²) < 4.78 is 11.5. The van der Waals surface area contributed by atoms with Crippen LogP contribution in [0.2, 0.25) is 0 Å². The number of para-hydroxylation sites is 1. The number of nitrogens with zero attached hydrogens (tertiary/aromatic N) is 3. The molecule has 7 nitrogen and oxygen atoms in total. The Morgan fingerprint density at radius 1 is 1.04 bits per heavy atom. The topological polar surface area (TPSA) is 76.6 Å². The van der Waals surface area contributed by atoms with Gasteiger partial charge in [-0.2, -0.15) is 0 Å². The molecule has 3 heterocycles.